The van der Waals surface area contributed by atoms with E-state index in [1.807, 2.05) is 12.1 Å². The quantitative estimate of drug-likeness (QED) is 0.894. The summed E-state index contributed by atoms with van der Waals surface area (Å²) >= 11 is 0. The number of piperidine rings is 1. The van der Waals surface area contributed by atoms with Crippen LogP contribution < -0.4 is 10.2 Å². The third kappa shape index (κ3) is 2.87. The molecule has 2 aliphatic rings. The molecule has 1 aromatic rings. The lowest BCUT2D eigenvalue weighted by Gasteiger charge is -2.32. The fourth-order valence-electron chi connectivity index (χ4n) is 2.90. The van der Waals surface area contributed by atoms with Crippen molar-refractivity contribution in [3.05, 3.63) is 24.0 Å². The Hall–Kier alpha value is -1.60. The molecular formula is C15H20N4. The Morgan fingerprint density at radius 2 is 2.32 bits per heavy atom. The second-order valence-corrected chi connectivity index (χ2v) is 5.58. The molecule has 1 aromatic heterocycles. The highest BCUT2D eigenvalue weighted by Crippen LogP contribution is 2.34. The average molecular weight is 256 g/mol. The van der Waals surface area contributed by atoms with Crippen LogP contribution >= 0.6 is 0 Å². The van der Waals surface area contributed by atoms with Gasteiger partial charge in [-0.05, 0) is 56.8 Å². The van der Waals surface area contributed by atoms with Gasteiger partial charge in [-0.2, -0.15) is 5.26 Å². The highest BCUT2D eigenvalue weighted by molar-refractivity contribution is 5.57. The standard InChI is InChI=1S/C15H20N4/c16-9-14-15(4-2-8-18-14)19(13-5-6-13)11-12-3-1-7-17-10-12/h2,4,8,12-13,17H,1,3,5-7,10-11H2. The Morgan fingerprint density at radius 1 is 1.42 bits per heavy atom. The SMILES string of the molecule is N#Cc1ncccc1N(CC1CCCNC1)C1CC1. The largest absolute Gasteiger partial charge is 0.366 e. The number of rotatable bonds is 4. The van der Waals surface area contributed by atoms with E-state index < -0.39 is 0 Å². The number of nitrogens with zero attached hydrogens (tertiary/aromatic N) is 3. The number of anilines is 1. The maximum absolute atomic E-state index is 9.22. The minimum Gasteiger partial charge on any atom is -0.366 e. The van der Waals surface area contributed by atoms with E-state index in [2.05, 4.69) is 21.3 Å². The van der Waals surface area contributed by atoms with Crippen molar-refractivity contribution in [2.24, 2.45) is 5.92 Å². The summed E-state index contributed by atoms with van der Waals surface area (Å²) in [6.07, 6.45) is 6.76. The maximum atomic E-state index is 9.22. The van der Waals surface area contributed by atoms with Gasteiger partial charge in [0, 0.05) is 18.8 Å². The molecule has 4 heteroatoms. The Labute approximate surface area is 114 Å². The van der Waals surface area contributed by atoms with Crippen LogP contribution in [0, 0.1) is 17.2 Å². The van der Waals surface area contributed by atoms with Crippen molar-refractivity contribution < 1.29 is 0 Å². The van der Waals surface area contributed by atoms with Crippen LogP contribution in [0.1, 0.15) is 31.4 Å². The van der Waals surface area contributed by atoms with Crippen LogP contribution in [0.5, 0.6) is 0 Å². The van der Waals surface area contributed by atoms with Crippen LogP contribution in [-0.2, 0) is 0 Å². The molecular weight excluding hydrogens is 236 g/mol. The van der Waals surface area contributed by atoms with Crippen LogP contribution in [0.25, 0.3) is 0 Å². The lowest BCUT2D eigenvalue weighted by molar-refractivity contribution is 0.376. The van der Waals surface area contributed by atoms with Gasteiger partial charge in [-0.25, -0.2) is 4.98 Å². The first-order valence-electron chi connectivity index (χ1n) is 7.21. The Kier molecular flexibility index (Phi) is 3.65. The molecule has 1 aliphatic carbocycles. The second kappa shape index (κ2) is 5.58. The topological polar surface area (TPSA) is 52.0 Å². The zero-order valence-electron chi connectivity index (χ0n) is 11.2. The lowest BCUT2D eigenvalue weighted by Crippen LogP contribution is -2.39. The average Bonchev–Trinajstić information content (AvgIpc) is 3.30. The van der Waals surface area contributed by atoms with Crippen LogP contribution in [0.15, 0.2) is 18.3 Å². The molecule has 0 amide bonds. The molecule has 100 valence electrons. The third-order valence-corrected chi connectivity index (χ3v) is 4.04. The highest BCUT2D eigenvalue weighted by Gasteiger charge is 2.32. The molecule has 0 aromatic carbocycles. The minimum atomic E-state index is 0.568. The van der Waals surface area contributed by atoms with Crippen LogP contribution in [0.4, 0.5) is 5.69 Å². The van der Waals surface area contributed by atoms with Crippen molar-refractivity contribution in [3.8, 4) is 6.07 Å². The van der Waals surface area contributed by atoms with Gasteiger partial charge >= 0.3 is 0 Å². The summed E-state index contributed by atoms with van der Waals surface area (Å²) in [4.78, 5) is 6.62. The number of nitrogens with one attached hydrogen (secondary N) is 1. The molecule has 2 fully saturated rings. The Balaban J connectivity index is 1.78. The number of hydrogen-bond acceptors (Lipinski definition) is 4. The Morgan fingerprint density at radius 3 is 3.00 bits per heavy atom. The van der Waals surface area contributed by atoms with E-state index in [9.17, 15) is 5.26 Å². The van der Waals surface area contributed by atoms with Gasteiger partial charge in [-0.15, -0.1) is 0 Å². The van der Waals surface area contributed by atoms with Crippen molar-refractivity contribution in [1.82, 2.24) is 10.3 Å². The molecule has 1 unspecified atom stereocenters. The van der Waals surface area contributed by atoms with Crippen molar-refractivity contribution in [2.75, 3.05) is 24.5 Å². The van der Waals surface area contributed by atoms with Crippen molar-refractivity contribution in [3.63, 3.8) is 0 Å². The summed E-state index contributed by atoms with van der Waals surface area (Å²) in [7, 11) is 0. The zero-order chi connectivity index (χ0) is 13.1. The van der Waals surface area contributed by atoms with Gasteiger partial charge in [0.1, 0.15) is 6.07 Å². The number of pyridine rings is 1. The molecule has 1 aliphatic heterocycles. The number of hydrogen-bond donors (Lipinski definition) is 1. The van der Waals surface area contributed by atoms with Gasteiger partial charge in [0.05, 0.1) is 5.69 Å². The predicted molar refractivity (Wildman–Crippen MR) is 74.9 cm³/mol. The molecule has 4 nitrogen and oxygen atoms in total. The zero-order valence-corrected chi connectivity index (χ0v) is 11.2. The molecule has 1 saturated heterocycles. The van der Waals surface area contributed by atoms with Crippen LogP contribution in [0.3, 0.4) is 0 Å². The van der Waals surface area contributed by atoms with Gasteiger partial charge < -0.3 is 10.2 Å². The van der Waals surface area contributed by atoms with E-state index in [4.69, 9.17) is 0 Å². The summed E-state index contributed by atoms with van der Waals surface area (Å²) in [6, 6.07) is 6.83. The molecule has 0 bridgehead atoms. The summed E-state index contributed by atoms with van der Waals surface area (Å²) < 4.78 is 0. The molecule has 3 rings (SSSR count). The molecule has 0 radical (unpaired) electrons. The van der Waals surface area contributed by atoms with E-state index in [1.165, 1.54) is 25.7 Å². The van der Waals surface area contributed by atoms with Crippen molar-refractivity contribution in [1.29, 1.82) is 5.26 Å². The number of aromatic nitrogens is 1. The van der Waals surface area contributed by atoms with Gasteiger partial charge in [0.2, 0.25) is 0 Å². The van der Waals surface area contributed by atoms with Gasteiger partial charge in [0.25, 0.3) is 0 Å². The first-order chi connectivity index (χ1) is 9.38. The van der Waals surface area contributed by atoms with E-state index in [1.54, 1.807) is 6.20 Å². The maximum Gasteiger partial charge on any atom is 0.163 e. The normalized spacial score (nSPS) is 22.8. The smallest absolute Gasteiger partial charge is 0.163 e. The molecule has 1 N–H and O–H groups in total. The molecule has 19 heavy (non-hydrogen) atoms. The second-order valence-electron chi connectivity index (χ2n) is 5.58. The predicted octanol–water partition coefficient (Wildman–Crippen LogP) is 1.92. The Bertz CT molecular complexity index is 469. The number of nitriles is 1. The van der Waals surface area contributed by atoms with E-state index in [0.717, 1.165) is 25.3 Å². The molecule has 2 heterocycles. The first-order valence-corrected chi connectivity index (χ1v) is 7.21. The van der Waals surface area contributed by atoms with Gasteiger partial charge in [0.15, 0.2) is 5.69 Å². The van der Waals surface area contributed by atoms with Crippen LogP contribution in [-0.4, -0.2) is 30.7 Å². The van der Waals surface area contributed by atoms with Crippen molar-refractivity contribution >= 4 is 5.69 Å². The third-order valence-electron chi connectivity index (χ3n) is 4.04. The summed E-state index contributed by atoms with van der Waals surface area (Å²) in [5.41, 5.74) is 1.59. The summed E-state index contributed by atoms with van der Waals surface area (Å²) in [5.74, 6) is 0.695. The van der Waals surface area contributed by atoms with Gasteiger partial charge in [-0.1, -0.05) is 0 Å². The fourth-order valence-corrected chi connectivity index (χ4v) is 2.90. The molecule has 0 spiro atoms. The fraction of sp³-hybridized carbons (Fsp3) is 0.600. The monoisotopic (exact) mass is 256 g/mol. The molecule has 1 atom stereocenters. The molecule has 1 saturated carbocycles. The van der Waals surface area contributed by atoms with Crippen LogP contribution in [0.2, 0.25) is 0 Å². The van der Waals surface area contributed by atoms with E-state index in [0.29, 0.717) is 17.7 Å². The van der Waals surface area contributed by atoms with Gasteiger partial charge in [-0.3, -0.25) is 0 Å². The highest BCUT2D eigenvalue weighted by atomic mass is 15.2. The van der Waals surface area contributed by atoms with E-state index in [-0.39, 0.29) is 0 Å². The van der Waals surface area contributed by atoms with Crippen molar-refractivity contribution in [2.45, 2.75) is 31.7 Å². The summed E-state index contributed by atoms with van der Waals surface area (Å²) in [5, 5.41) is 12.7. The minimum absolute atomic E-state index is 0.568. The summed E-state index contributed by atoms with van der Waals surface area (Å²) in [6.45, 7) is 3.31. The lowest BCUT2D eigenvalue weighted by atomic mass is 9.98. The first kappa shape index (κ1) is 12.4. The van der Waals surface area contributed by atoms with E-state index >= 15 is 0 Å².